The fourth-order valence-corrected chi connectivity index (χ4v) is 2.49. The molecule has 0 amide bonds. The molecule has 17 heavy (non-hydrogen) atoms. The summed E-state index contributed by atoms with van der Waals surface area (Å²) in [6.45, 7) is 4.73. The number of rotatable bonds is 3. The fraction of sp³-hybridized carbons (Fsp3) is 0.500. The summed E-state index contributed by atoms with van der Waals surface area (Å²) in [5.74, 6) is -0.0885. The second-order valence-corrected chi connectivity index (χ2v) is 4.98. The quantitative estimate of drug-likeness (QED) is 0.588. The number of fused-ring (bicyclic) bond motifs is 1. The van der Waals surface area contributed by atoms with Crippen LogP contribution in [0.1, 0.15) is 18.1 Å². The van der Waals surface area contributed by atoms with Crippen molar-refractivity contribution in [1.29, 1.82) is 0 Å². The van der Waals surface area contributed by atoms with Crippen LogP contribution in [0.3, 0.4) is 0 Å². The summed E-state index contributed by atoms with van der Waals surface area (Å²) < 4.78 is 5.80. The standard InChI is InChI=1S/C14H20NO2/c1-3-17-14(16)11-15(2)9-8-12-6-4-5-7-13(12)10-15/h4-7H,3,8-11H2,1-2H3/q+1. The molecule has 1 aromatic rings. The van der Waals surface area contributed by atoms with Crippen LogP contribution in [0, 0.1) is 0 Å². The van der Waals surface area contributed by atoms with E-state index >= 15 is 0 Å². The molecule has 0 fully saturated rings. The highest BCUT2D eigenvalue weighted by Crippen LogP contribution is 2.23. The first-order chi connectivity index (χ1) is 8.13. The molecule has 2 rings (SSSR count). The third-order valence-corrected chi connectivity index (χ3v) is 3.41. The minimum Gasteiger partial charge on any atom is -0.462 e. The van der Waals surface area contributed by atoms with Crippen LogP contribution in [0.4, 0.5) is 0 Å². The van der Waals surface area contributed by atoms with Crippen LogP contribution in [0.2, 0.25) is 0 Å². The van der Waals surface area contributed by atoms with Crippen molar-refractivity contribution in [3.63, 3.8) is 0 Å². The largest absolute Gasteiger partial charge is 0.462 e. The van der Waals surface area contributed by atoms with Gasteiger partial charge in [0.05, 0.1) is 20.2 Å². The second kappa shape index (κ2) is 4.88. The van der Waals surface area contributed by atoms with Gasteiger partial charge < -0.3 is 9.22 Å². The summed E-state index contributed by atoms with van der Waals surface area (Å²) in [7, 11) is 2.13. The Morgan fingerprint density at radius 1 is 1.35 bits per heavy atom. The summed E-state index contributed by atoms with van der Waals surface area (Å²) in [5, 5.41) is 0. The van der Waals surface area contributed by atoms with Gasteiger partial charge in [0.25, 0.3) is 0 Å². The number of hydrogen-bond donors (Lipinski definition) is 0. The Labute approximate surface area is 103 Å². The molecular formula is C14H20NO2+. The number of benzene rings is 1. The lowest BCUT2D eigenvalue weighted by Gasteiger charge is -2.37. The number of hydrogen-bond acceptors (Lipinski definition) is 2. The maximum atomic E-state index is 11.6. The highest BCUT2D eigenvalue weighted by molar-refractivity contribution is 5.70. The first-order valence-corrected chi connectivity index (χ1v) is 6.19. The fourth-order valence-electron chi connectivity index (χ4n) is 2.49. The van der Waals surface area contributed by atoms with E-state index in [0.717, 1.165) is 24.0 Å². The summed E-state index contributed by atoms with van der Waals surface area (Å²) in [5.41, 5.74) is 2.79. The third kappa shape index (κ3) is 2.86. The van der Waals surface area contributed by atoms with Crippen molar-refractivity contribution in [1.82, 2.24) is 0 Å². The van der Waals surface area contributed by atoms with Crippen molar-refractivity contribution in [2.45, 2.75) is 19.9 Å². The molecule has 0 saturated carbocycles. The first kappa shape index (κ1) is 12.1. The number of esters is 1. The molecule has 1 unspecified atom stereocenters. The van der Waals surface area contributed by atoms with Gasteiger partial charge in [0, 0.05) is 12.0 Å². The Morgan fingerprint density at radius 2 is 2.06 bits per heavy atom. The Hall–Kier alpha value is -1.35. The van der Waals surface area contributed by atoms with E-state index in [1.54, 1.807) is 0 Å². The van der Waals surface area contributed by atoms with Crippen molar-refractivity contribution in [2.75, 3.05) is 26.7 Å². The van der Waals surface area contributed by atoms with Crippen molar-refractivity contribution >= 4 is 5.97 Å². The van der Waals surface area contributed by atoms with E-state index in [1.165, 1.54) is 11.1 Å². The van der Waals surface area contributed by atoms with E-state index in [4.69, 9.17) is 4.74 Å². The zero-order valence-electron chi connectivity index (χ0n) is 10.6. The van der Waals surface area contributed by atoms with Gasteiger partial charge in [-0.25, -0.2) is 4.79 Å². The lowest BCUT2D eigenvalue weighted by Crippen LogP contribution is -2.50. The Kier molecular flexibility index (Phi) is 3.48. The zero-order chi connectivity index (χ0) is 12.3. The number of ether oxygens (including phenoxy) is 1. The van der Waals surface area contributed by atoms with Crippen LogP contribution in [0.25, 0.3) is 0 Å². The van der Waals surface area contributed by atoms with Crippen LogP contribution in [-0.2, 0) is 22.5 Å². The van der Waals surface area contributed by atoms with Crippen molar-refractivity contribution in [2.24, 2.45) is 0 Å². The molecule has 0 radical (unpaired) electrons. The van der Waals surface area contributed by atoms with Crippen molar-refractivity contribution < 1.29 is 14.0 Å². The number of likely N-dealkylation sites (N-methyl/N-ethyl adjacent to an activating group) is 1. The van der Waals surface area contributed by atoms with E-state index in [2.05, 4.69) is 31.3 Å². The molecule has 92 valence electrons. The monoisotopic (exact) mass is 234 g/mol. The van der Waals surface area contributed by atoms with Gasteiger partial charge >= 0.3 is 5.97 Å². The van der Waals surface area contributed by atoms with E-state index in [-0.39, 0.29) is 5.97 Å². The maximum Gasteiger partial charge on any atom is 0.361 e. The lowest BCUT2D eigenvalue weighted by molar-refractivity contribution is -0.917. The number of nitrogens with zero attached hydrogens (tertiary/aromatic N) is 1. The smallest absolute Gasteiger partial charge is 0.361 e. The van der Waals surface area contributed by atoms with Crippen LogP contribution < -0.4 is 0 Å². The topological polar surface area (TPSA) is 26.3 Å². The predicted octanol–water partition coefficient (Wildman–Crippen LogP) is 1.75. The average Bonchev–Trinajstić information content (AvgIpc) is 2.28. The molecule has 0 N–H and O–H groups in total. The number of carbonyl (C=O) groups excluding carboxylic acids is 1. The summed E-state index contributed by atoms with van der Waals surface area (Å²) in [4.78, 5) is 11.6. The van der Waals surface area contributed by atoms with E-state index in [0.29, 0.717) is 13.2 Å². The van der Waals surface area contributed by atoms with Gasteiger partial charge in [-0.3, -0.25) is 0 Å². The molecular weight excluding hydrogens is 214 g/mol. The zero-order valence-corrected chi connectivity index (χ0v) is 10.6. The number of carbonyl (C=O) groups is 1. The Morgan fingerprint density at radius 3 is 2.76 bits per heavy atom. The first-order valence-electron chi connectivity index (χ1n) is 6.19. The highest BCUT2D eigenvalue weighted by atomic mass is 16.5. The Balaban J connectivity index is 2.07. The second-order valence-electron chi connectivity index (χ2n) is 4.98. The summed E-state index contributed by atoms with van der Waals surface area (Å²) in [6, 6.07) is 8.50. The predicted molar refractivity (Wildman–Crippen MR) is 66.4 cm³/mol. The lowest BCUT2D eigenvalue weighted by atomic mass is 9.98. The molecule has 0 bridgehead atoms. The van der Waals surface area contributed by atoms with Crippen molar-refractivity contribution in [3.05, 3.63) is 35.4 Å². The van der Waals surface area contributed by atoms with E-state index in [9.17, 15) is 4.79 Å². The van der Waals surface area contributed by atoms with Crippen LogP contribution in [0.5, 0.6) is 0 Å². The van der Waals surface area contributed by atoms with Crippen LogP contribution in [0.15, 0.2) is 24.3 Å². The normalized spacial score (nSPS) is 22.9. The SMILES string of the molecule is CCOC(=O)C[N+]1(C)CCc2ccccc2C1. The van der Waals surface area contributed by atoms with Gasteiger partial charge in [0.1, 0.15) is 6.54 Å². The minimum atomic E-state index is -0.0885. The molecule has 0 aliphatic carbocycles. The minimum absolute atomic E-state index is 0.0885. The third-order valence-electron chi connectivity index (χ3n) is 3.41. The molecule has 0 aromatic heterocycles. The molecule has 0 spiro atoms. The summed E-state index contributed by atoms with van der Waals surface area (Å²) >= 11 is 0. The molecule has 1 atom stereocenters. The van der Waals surface area contributed by atoms with Crippen LogP contribution >= 0.6 is 0 Å². The summed E-state index contributed by atoms with van der Waals surface area (Å²) in [6.07, 6.45) is 1.05. The van der Waals surface area contributed by atoms with E-state index < -0.39 is 0 Å². The molecule has 1 aliphatic rings. The molecule has 3 heteroatoms. The van der Waals surface area contributed by atoms with Gasteiger partial charge in [0.2, 0.25) is 0 Å². The highest BCUT2D eigenvalue weighted by Gasteiger charge is 2.31. The van der Waals surface area contributed by atoms with Gasteiger partial charge in [0.15, 0.2) is 6.54 Å². The van der Waals surface area contributed by atoms with Gasteiger partial charge in [-0.1, -0.05) is 24.3 Å². The van der Waals surface area contributed by atoms with Crippen molar-refractivity contribution in [3.8, 4) is 0 Å². The van der Waals surface area contributed by atoms with E-state index in [1.807, 2.05) is 6.92 Å². The van der Waals surface area contributed by atoms with Gasteiger partial charge in [-0.15, -0.1) is 0 Å². The molecule has 1 heterocycles. The molecule has 1 aromatic carbocycles. The van der Waals surface area contributed by atoms with Gasteiger partial charge in [-0.2, -0.15) is 0 Å². The van der Waals surface area contributed by atoms with Gasteiger partial charge in [-0.05, 0) is 12.5 Å². The Bertz CT molecular complexity index is 416. The average molecular weight is 234 g/mol. The molecule has 1 aliphatic heterocycles. The maximum absolute atomic E-state index is 11.6. The van der Waals surface area contributed by atoms with Crippen LogP contribution in [-0.4, -0.2) is 37.2 Å². The molecule has 0 saturated heterocycles. The number of quaternary nitrogens is 1. The molecule has 3 nitrogen and oxygen atoms in total.